The molecule has 0 spiro atoms. The Morgan fingerprint density at radius 3 is 1.86 bits per heavy atom. The molecule has 1 heterocycles. The molecule has 0 aliphatic carbocycles. The molecule has 0 radical (unpaired) electrons. The van der Waals surface area contributed by atoms with Crippen LogP contribution >= 0.6 is 0 Å². The number of hydrogen-bond acceptors (Lipinski definition) is 3. The van der Waals surface area contributed by atoms with Gasteiger partial charge in [-0.2, -0.15) is 13.2 Å². The van der Waals surface area contributed by atoms with E-state index >= 15 is 0 Å². The number of anilines is 1. The summed E-state index contributed by atoms with van der Waals surface area (Å²) in [5, 5.41) is 1.37. The minimum Gasteiger partial charge on any atom is -0.296 e. The quantitative estimate of drug-likeness (QED) is 0.632. The second kappa shape index (κ2) is 7.72. The third kappa shape index (κ3) is 3.76. The molecule has 1 N–H and O–H groups in total. The summed E-state index contributed by atoms with van der Waals surface area (Å²) in [7, 11) is 0. The molecule has 4 rings (SSSR count). The zero-order valence-electron chi connectivity index (χ0n) is 15.4. The van der Waals surface area contributed by atoms with E-state index in [1.165, 1.54) is 5.01 Å². The molecule has 0 amide bonds. The van der Waals surface area contributed by atoms with E-state index in [0.717, 1.165) is 0 Å². The lowest BCUT2D eigenvalue weighted by Gasteiger charge is -2.28. The third-order valence-corrected chi connectivity index (χ3v) is 5.15. The highest BCUT2D eigenvalue weighted by molar-refractivity contribution is 6.03. The Bertz CT molecular complexity index is 962. The van der Waals surface area contributed by atoms with Gasteiger partial charge in [-0.15, -0.1) is 0 Å². The van der Waals surface area contributed by atoms with Gasteiger partial charge in [0, 0.05) is 11.5 Å². The summed E-state index contributed by atoms with van der Waals surface area (Å²) in [5.74, 6) is -1.45. The van der Waals surface area contributed by atoms with Crippen molar-refractivity contribution >= 4 is 11.5 Å². The summed E-state index contributed by atoms with van der Waals surface area (Å²) in [6.45, 7) is 0. The van der Waals surface area contributed by atoms with E-state index in [9.17, 15) is 18.0 Å². The molecular formula is C23H19F3N2O. The fourth-order valence-electron chi connectivity index (χ4n) is 3.86. The monoisotopic (exact) mass is 396 g/mol. The number of alkyl halides is 3. The number of benzene rings is 3. The van der Waals surface area contributed by atoms with Crippen LogP contribution < -0.4 is 10.4 Å². The largest absolute Gasteiger partial charge is 0.406 e. The number of rotatable bonds is 4. The van der Waals surface area contributed by atoms with Gasteiger partial charge in [0.25, 0.3) is 0 Å². The maximum Gasteiger partial charge on any atom is 0.406 e. The van der Waals surface area contributed by atoms with E-state index in [0.29, 0.717) is 16.8 Å². The Morgan fingerprint density at radius 1 is 0.793 bits per heavy atom. The highest BCUT2D eigenvalue weighted by Gasteiger charge is 2.57. The highest BCUT2D eigenvalue weighted by Crippen LogP contribution is 2.42. The van der Waals surface area contributed by atoms with Crippen molar-refractivity contribution in [1.82, 2.24) is 5.43 Å². The van der Waals surface area contributed by atoms with E-state index in [-0.39, 0.29) is 5.78 Å². The number of Topliss-reactive ketones (excluding diaryl/α,β-unsaturated/α-hetero) is 1. The van der Waals surface area contributed by atoms with Gasteiger partial charge in [-0.1, -0.05) is 78.9 Å². The molecule has 0 bridgehead atoms. The van der Waals surface area contributed by atoms with Crippen molar-refractivity contribution < 1.29 is 18.0 Å². The molecule has 0 saturated carbocycles. The van der Waals surface area contributed by atoms with Crippen molar-refractivity contribution in [3.8, 4) is 0 Å². The summed E-state index contributed by atoms with van der Waals surface area (Å²) in [6.07, 6.45) is -4.53. The molecule has 3 aromatic rings. The summed E-state index contributed by atoms with van der Waals surface area (Å²) >= 11 is 0. The minimum absolute atomic E-state index is 0.359. The van der Waals surface area contributed by atoms with Crippen LogP contribution in [0.3, 0.4) is 0 Å². The van der Waals surface area contributed by atoms with Crippen molar-refractivity contribution in [2.24, 2.45) is 0 Å². The van der Waals surface area contributed by atoms with Crippen LogP contribution in [0, 0.1) is 0 Å². The van der Waals surface area contributed by atoms with E-state index in [2.05, 4.69) is 5.43 Å². The lowest BCUT2D eigenvalue weighted by molar-refractivity contribution is -0.155. The Kier molecular flexibility index (Phi) is 5.11. The molecule has 1 aliphatic rings. The number of carbonyl (C=O) groups is 1. The van der Waals surface area contributed by atoms with E-state index in [1.807, 2.05) is 0 Å². The smallest absolute Gasteiger partial charge is 0.296 e. The van der Waals surface area contributed by atoms with Crippen LogP contribution in [0.25, 0.3) is 0 Å². The average Bonchev–Trinajstić information content (AvgIpc) is 3.16. The zero-order valence-corrected chi connectivity index (χ0v) is 15.4. The first-order valence-corrected chi connectivity index (χ1v) is 9.28. The topological polar surface area (TPSA) is 32.3 Å². The molecule has 6 heteroatoms. The number of ketones is 1. The molecule has 3 aromatic carbocycles. The number of hydrazine groups is 1. The molecule has 0 aromatic heterocycles. The van der Waals surface area contributed by atoms with E-state index < -0.39 is 24.2 Å². The van der Waals surface area contributed by atoms with Crippen LogP contribution in [0.2, 0.25) is 0 Å². The van der Waals surface area contributed by atoms with Gasteiger partial charge < -0.3 is 0 Å². The number of carbonyl (C=O) groups excluding carboxylic acids is 1. The van der Waals surface area contributed by atoms with Crippen molar-refractivity contribution in [2.45, 2.75) is 24.2 Å². The van der Waals surface area contributed by atoms with E-state index in [1.54, 1.807) is 91.0 Å². The molecule has 3 nitrogen and oxygen atoms in total. The summed E-state index contributed by atoms with van der Waals surface area (Å²) in [6, 6.07) is 22.6. The van der Waals surface area contributed by atoms with Gasteiger partial charge in [0.15, 0.2) is 5.78 Å². The second-order valence-electron chi connectivity index (χ2n) is 6.97. The van der Waals surface area contributed by atoms with Crippen LogP contribution in [0.5, 0.6) is 0 Å². The molecule has 3 atom stereocenters. The zero-order chi connectivity index (χ0) is 20.4. The van der Waals surface area contributed by atoms with Crippen LogP contribution in [0.15, 0.2) is 91.0 Å². The first-order chi connectivity index (χ1) is 14.0. The lowest BCUT2D eigenvalue weighted by Crippen LogP contribution is -2.46. The number of nitrogens with one attached hydrogen (secondary N) is 1. The van der Waals surface area contributed by atoms with Crippen LogP contribution in [-0.4, -0.2) is 24.0 Å². The molecule has 1 aliphatic heterocycles. The maximum absolute atomic E-state index is 14.0. The molecule has 0 unspecified atom stereocenters. The number of halogens is 3. The molecule has 29 heavy (non-hydrogen) atoms. The Balaban J connectivity index is 1.86. The fraction of sp³-hybridized carbons (Fsp3) is 0.174. The Labute approximate surface area is 166 Å². The van der Waals surface area contributed by atoms with Gasteiger partial charge in [-0.25, -0.2) is 5.43 Å². The summed E-state index contributed by atoms with van der Waals surface area (Å²) in [5.41, 5.74) is 3.94. The van der Waals surface area contributed by atoms with Gasteiger partial charge in [0.2, 0.25) is 0 Å². The Morgan fingerprint density at radius 2 is 1.31 bits per heavy atom. The van der Waals surface area contributed by atoms with Crippen LogP contribution in [-0.2, 0) is 0 Å². The van der Waals surface area contributed by atoms with Gasteiger partial charge in [0.1, 0.15) is 12.1 Å². The third-order valence-electron chi connectivity index (χ3n) is 5.15. The predicted octanol–water partition coefficient (Wildman–Crippen LogP) is 4.98. The first kappa shape index (κ1) is 19.2. The summed E-state index contributed by atoms with van der Waals surface area (Å²) < 4.78 is 42.1. The number of para-hydroxylation sites is 1. The van der Waals surface area contributed by atoms with Crippen molar-refractivity contribution in [3.63, 3.8) is 0 Å². The van der Waals surface area contributed by atoms with E-state index in [4.69, 9.17) is 0 Å². The molecule has 1 saturated heterocycles. The standard InChI is InChI=1S/C23H19F3N2O/c24-23(25,26)22-19(16-10-4-1-5-11-16)20(21(29)17-12-6-2-7-13-17)28(27-22)18-14-8-3-9-15-18/h1-15,19-20,22,27H/t19-,20+,22-/m1/s1. The van der Waals surface area contributed by atoms with Crippen LogP contribution in [0.1, 0.15) is 21.8 Å². The highest BCUT2D eigenvalue weighted by atomic mass is 19.4. The van der Waals surface area contributed by atoms with Crippen LogP contribution in [0.4, 0.5) is 18.9 Å². The Hall–Kier alpha value is -3.12. The number of hydrogen-bond donors (Lipinski definition) is 1. The van der Waals surface area contributed by atoms with Gasteiger partial charge in [0.05, 0.1) is 5.69 Å². The SMILES string of the molecule is O=C(c1ccccc1)[C@@H]1[C@@H](c2ccccc2)[C@H](C(F)(F)F)NN1c1ccccc1. The minimum atomic E-state index is -4.53. The summed E-state index contributed by atoms with van der Waals surface area (Å²) in [4.78, 5) is 13.4. The van der Waals surface area contributed by atoms with Crippen molar-refractivity contribution in [3.05, 3.63) is 102 Å². The number of nitrogens with zero attached hydrogens (tertiary/aromatic N) is 1. The van der Waals surface area contributed by atoms with Crippen molar-refractivity contribution in [1.29, 1.82) is 0 Å². The molecule has 1 fully saturated rings. The first-order valence-electron chi connectivity index (χ1n) is 9.28. The van der Waals surface area contributed by atoms with Crippen molar-refractivity contribution in [2.75, 3.05) is 5.01 Å². The molecule has 148 valence electrons. The second-order valence-corrected chi connectivity index (χ2v) is 6.97. The fourth-order valence-corrected chi connectivity index (χ4v) is 3.86. The molecular weight excluding hydrogens is 377 g/mol. The lowest BCUT2D eigenvalue weighted by atomic mass is 9.83. The predicted molar refractivity (Wildman–Crippen MR) is 106 cm³/mol. The average molecular weight is 396 g/mol. The normalized spacial score (nSPS) is 21.9. The van der Waals surface area contributed by atoms with Gasteiger partial charge >= 0.3 is 6.18 Å². The van der Waals surface area contributed by atoms with Gasteiger partial charge in [-0.05, 0) is 17.7 Å². The maximum atomic E-state index is 14.0. The van der Waals surface area contributed by atoms with Gasteiger partial charge in [-0.3, -0.25) is 9.80 Å².